The standard InChI is InChI=1S/C16H25N3O3/c1-4-21-15-10-12(7-8-14(15)20-3)19-16(17-2)18-11-13-6-5-9-22-13/h7-8,10,13H,4-6,9,11H2,1-3H3,(H2,17,18,19). The lowest BCUT2D eigenvalue weighted by atomic mass is 10.2. The van der Waals surface area contributed by atoms with Crippen molar-refractivity contribution in [1.82, 2.24) is 5.32 Å². The highest BCUT2D eigenvalue weighted by Crippen LogP contribution is 2.30. The second-order valence-electron chi connectivity index (χ2n) is 5.01. The molecule has 1 fully saturated rings. The molecule has 2 rings (SSSR count). The third-order valence-electron chi connectivity index (χ3n) is 3.47. The predicted octanol–water partition coefficient (Wildman–Crippen LogP) is 2.26. The van der Waals surface area contributed by atoms with E-state index in [-0.39, 0.29) is 6.10 Å². The van der Waals surface area contributed by atoms with Gasteiger partial charge in [0.2, 0.25) is 0 Å². The number of ether oxygens (including phenoxy) is 3. The molecule has 1 aromatic rings. The van der Waals surface area contributed by atoms with Gasteiger partial charge in [0, 0.05) is 32.0 Å². The first-order valence-electron chi connectivity index (χ1n) is 7.67. The van der Waals surface area contributed by atoms with Gasteiger partial charge in [-0.25, -0.2) is 0 Å². The van der Waals surface area contributed by atoms with Gasteiger partial charge in [-0.05, 0) is 31.9 Å². The first kappa shape index (κ1) is 16.4. The van der Waals surface area contributed by atoms with E-state index in [1.807, 2.05) is 25.1 Å². The van der Waals surface area contributed by atoms with E-state index in [2.05, 4.69) is 15.6 Å². The van der Waals surface area contributed by atoms with E-state index in [1.54, 1.807) is 14.2 Å². The first-order chi connectivity index (χ1) is 10.8. The molecule has 1 heterocycles. The van der Waals surface area contributed by atoms with Gasteiger partial charge in [0.15, 0.2) is 17.5 Å². The molecule has 1 aromatic carbocycles. The van der Waals surface area contributed by atoms with E-state index in [0.29, 0.717) is 18.3 Å². The molecular formula is C16H25N3O3. The lowest BCUT2D eigenvalue weighted by Gasteiger charge is -2.16. The summed E-state index contributed by atoms with van der Waals surface area (Å²) in [6, 6.07) is 5.71. The second kappa shape index (κ2) is 8.48. The van der Waals surface area contributed by atoms with Crippen LogP contribution >= 0.6 is 0 Å². The Balaban J connectivity index is 1.96. The number of nitrogens with one attached hydrogen (secondary N) is 2. The third-order valence-corrected chi connectivity index (χ3v) is 3.47. The van der Waals surface area contributed by atoms with Crippen LogP contribution in [0.1, 0.15) is 19.8 Å². The van der Waals surface area contributed by atoms with Crippen LogP contribution in [0.25, 0.3) is 0 Å². The molecule has 0 aliphatic carbocycles. The summed E-state index contributed by atoms with van der Waals surface area (Å²) in [5.41, 5.74) is 0.893. The number of nitrogens with zero attached hydrogens (tertiary/aromatic N) is 1. The van der Waals surface area contributed by atoms with E-state index in [4.69, 9.17) is 14.2 Å². The van der Waals surface area contributed by atoms with Crippen molar-refractivity contribution in [1.29, 1.82) is 0 Å². The van der Waals surface area contributed by atoms with Gasteiger partial charge in [0.25, 0.3) is 0 Å². The molecule has 0 radical (unpaired) electrons. The van der Waals surface area contributed by atoms with Crippen LogP contribution in [0.5, 0.6) is 11.5 Å². The van der Waals surface area contributed by atoms with Gasteiger partial charge in [-0.15, -0.1) is 0 Å². The quantitative estimate of drug-likeness (QED) is 0.623. The zero-order chi connectivity index (χ0) is 15.8. The smallest absolute Gasteiger partial charge is 0.195 e. The van der Waals surface area contributed by atoms with Gasteiger partial charge in [0.05, 0.1) is 19.8 Å². The van der Waals surface area contributed by atoms with Gasteiger partial charge in [0.1, 0.15) is 0 Å². The predicted molar refractivity (Wildman–Crippen MR) is 88.1 cm³/mol. The molecule has 1 aliphatic heterocycles. The zero-order valence-electron chi connectivity index (χ0n) is 13.5. The minimum atomic E-state index is 0.272. The largest absolute Gasteiger partial charge is 0.493 e. The number of aliphatic imine (C=N–C) groups is 1. The topological polar surface area (TPSA) is 64.1 Å². The van der Waals surface area contributed by atoms with E-state index in [9.17, 15) is 0 Å². The fourth-order valence-corrected chi connectivity index (χ4v) is 2.35. The Hall–Kier alpha value is -1.95. The average molecular weight is 307 g/mol. The van der Waals surface area contributed by atoms with Crippen molar-refractivity contribution in [2.45, 2.75) is 25.9 Å². The van der Waals surface area contributed by atoms with Crippen molar-refractivity contribution in [3.8, 4) is 11.5 Å². The summed E-state index contributed by atoms with van der Waals surface area (Å²) in [6.45, 7) is 4.15. The molecule has 2 N–H and O–H groups in total. The van der Waals surface area contributed by atoms with Crippen LogP contribution in [-0.4, -0.2) is 46.0 Å². The van der Waals surface area contributed by atoms with E-state index < -0.39 is 0 Å². The Morgan fingerprint density at radius 2 is 2.27 bits per heavy atom. The van der Waals surface area contributed by atoms with Gasteiger partial charge in [-0.1, -0.05) is 0 Å². The highest BCUT2D eigenvalue weighted by Gasteiger charge is 2.15. The Labute approximate surface area is 131 Å². The van der Waals surface area contributed by atoms with Crippen molar-refractivity contribution in [2.75, 3.05) is 39.2 Å². The molecule has 0 spiro atoms. The van der Waals surface area contributed by atoms with Crippen LogP contribution in [0.2, 0.25) is 0 Å². The van der Waals surface area contributed by atoms with Crippen molar-refractivity contribution >= 4 is 11.6 Å². The molecule has 1 aliphatic rings. The molecule has 0 aromatic heterocycles. The van der Waals surface area contributed by atoms with Crippen LogP contribution in [0, 0.1) is 0 Å². The highest BCUT2D eigenvalue weighted by molar-refractivity contribution is 5.93. The molecule has 6 heteroatoms. The molecular weight excluding hydrogens is 282 g/mol. The van der Waals surface area contributed by atoms with Crippen LogP contribution < -0.4 is 20.1 Å². The molecule has 22 heavy (non-hydrogen) atoms. The number of methoxy groups -OCH3 is 1. The summed E-state index contributed by atoms with van der Waals surface area (Å²) in [4.78, 5) is 4.23. The minimum absolute atomic E-state index is 0.272. The summed E-state index contributed by atoms with van der Waals surface area (Å²) < 4.78 is 16.5. The normalized spacial score (nSPS) is 18.1. The Morgan fingerprint density at radius 1 is 1.41 bits per heavy atom. The third kappa shape index (κ3) is 4.53. The van der Waals surface area contributed by atoms with Gasteiger partial charge >= 0.3 is 0 Å². The summed E-state index contributed by atoms with van der Waals surface area (Å²) in [7, 11) is 3.38. The van der Waals surface area contributed by atoms with E-state index in [0.717, 1.165) is 37.4 Å². The van der Waals surface area contributed by atoms with Gasteiger partial charge < -0.3 is 24.8 Å². The maximum Gasteiger partial charge on any atom is 0.195 e. The van der Waals surface area contributed by atoms with Crippen molar-refractivity contribution < 1.29 is 14.2 Å². The molecule has 1 unspecified atom stereocenters. The van der Waals surface area contributed by atoms with E-state index >= 15 is 0 Å². The Bertz CT molecular complexity index is 499. The maximum absolute atomic E-state index is 5.60. The van der Waals surface area contributed by atoms with Crippen LogP contribution in [0.3, 0.4) is 0 Å². The monoisotopic (exact) mass is 307 g/mol. The zero-order valence-corrected chi connectivity index (χ0v) is 13.5. The molecule has 6 nitrogen and oxygen atoms in total. The summed E-state index contributed by atoms with van der Waals surface area (Å²) >= 11 is 0. The molecule has 0 amide bonds. The number of anilines is 1. The molecule has 1 saturated heterocycles. The average Bonchev–Trinajstić information content (AvgIpc) is 3.05. The van der Waals surface area contributed by atoms with Crippen LogP contribution in [-0.2, 0) is 4.74 Å². The lowest BCUT2D eigenvalue weighted by molar-refractivity contribution is 0.114. The number of benzene rings is 1. The molecule has 0 bridgehead atoms. The van der Waals surface area contributed by atoms with Crippen molar-refractivity contribution in [3.05, 3.63) is 18.2 Å². The maximum atomic E-state index is 5.60. The van der Waals surface area contributed by atoms with Crippen LogP contribution in [0.15, 0.2) is 23.2 Å². The summed E-state index contributed by atoms with van der Waals surface area (Å²) in [5, 5.41) is 6.53. The minimum Gasteiger partial charge on any atom is -0.493 e. The first-order valence-corrected chi connectivity index (χ1v) is 7.67. The Morgan fingerprint density at radius 3 is 2.91 bits per heavy atom. The number of hydrogen-bond donors (Lipinski definition) is 2. The second-order valence-corrected chi connectivity index (χ2v) is 5.01. The fraction of sp³-hybridized carbons (Fsp3) is 0.562. The van der Waals surface area contributed by atoms with Gasteiger partial charge in [-0.3, -0.25) is 4.99 Å². The van der Waals surface area contributed by atoms with E-state index in [1.165, 1.54) is 0 Å². The SMILES string of the molecule is CCOc1cc(NC(=NC)NCC2CCCO2)ccc1OC. The van der Waals surface area contributed by atoms with Crippen molar-refractivity contribution in [3.63, 3.8) is 0 Å². The Kier molecular flexibility index (Phi) is 6.33. The highest BCUT2D eigenvalue weighted by atomic mass is 16.5. The molecule has 122 valence electrons. The number of guanidine groups is 1. The molecule has 0 saturated carbocycles. The summed E-state index contributed by atoms with van der Waals surface area (Å²) in [6.07, 6.45) is 2.50. The number of rotatable bonds is 6. The summed E-state index contributed by atoms with van der Waals surface area (Å²) in [5.74, 6) is 2.14. The lowest BCUT2D eigenvalue weighted by Crippen LogP contribution is -2.36. The van der Waals surface area contributed by atoms with Crippen molar-refractivity contribution in [2.24, 2.45) is 4.99 Å². The fourth-order valence-electron chi connectivity index (χ4n) is 2.35. The van der Waals surface area contributed by atoms with Crippen LogP contribution in [0.4, 0.5) is 5.69 Å². The van der Waals surface area contributed by atoms with Gasteiger partial charge in [-0.2, -0.15) is 0 Å². The number of hydrogen-bond acceptors (Lipinski definition) is 4. The molecule has 1 atom stereocenters.